The molecule has 1 unspecified atom stereocenters. The summed E-state index contributed by atoms with van der Waals surface area (Å²) in [6, 6.07) is 12.8. The van der Waals surface area contributed by atoms with Crippen molar-refractivity contribution >= 4 is 22.8 Å². The molecule has 0 spiro atoms. The van der Waals surface area contributed by atoms with Crippen LogP contribution in [0, 0.1) is 5.82 Å². The van der Waals surface area contributed by atoms with Crippen LogP contribution in [0.4, 0.5) is 4.39 Å². The van der Waals surface area contributed by atoms with E-state index in [0.717, 1.165) is 0 Å². The monoisotopic (exact) mass is 368 g/mol. The van der Waals surface area contributed by atoms with Gasteiger partial charge >= 0.3 is 5.97 Å². The Morgan fingerprint density at radius 1 is 1.19 bits per heavy atom. The minimum Gasteiger partial charge on any atom is -0.466 e. The van der Waals surface area contributed by atoms with E-state index in [2.05, 4.69) is 10.3 Å². The molecule has 1 heterocycles. The molecule has 3 rings (SSSR count). The number of halogens is 1. The molecule has 2 aromatic carbocycles. The van der Waals surface area contributed by atoms with Crippen molar-refractivity contribution in [2.75, 3.05) is 6.61 Å². The zero-order valence-electron chi connectivity index (χ0n) is 15.2. The van der Waals surface area contributed by atoms with Gasteiger partial charge in [-0.1, -0.05) is 18.2 Å². The molecule has 27 heavy (non-hydrogen) atoms. The number of benzene rings is 2. The highest BCUT2D eigenvalue weighted by Crippen LogP contribution is 2.28. The van der Waals surface area contributed by atoms with Gasteiger partial charge in [0.05, 0.1) is 19.1 Å². The molecule has 1 amide bonds. The number of rotatable bonds is 6. The molecule has 6 heteroatoms. The lowest BCUT2D eigenvalue weighted by molar-refractivity contribution is -0.142. The van der Waals surface area contributed by atoms with Crippen LogP contribution in [0.1, 0.15) is 41.5 Å². The maximum Gasteiger partial charge on any atom is 0.310 e. The Morgan fingerprint density at radius 2 is 1.93 bits per heavy atom. The number of aromatic amines is 1. The zero-order valence-corrected chi connectivity index (χ0v) is 15.2. The van der Waals surface area contributed by atoms with E-state index < -0.39 is 12.0 Å². The summed E-state index contributed by atoms with van der Waals surface area (Å²) in [6.45, 7) is 3.82. The molecular weight excluding hydrogens is 347 g/mol. The van der Waals surface area contributed by atoms with Crippen molar-refractivity contribution in [3.63, 3.8) is 0 Å². The van der Waals surface area contributed by atoms with Crippen LogP contribution in [0.25, 0.3) is 10.9 Å². The summed E-state index contributed by atoms with van der Waals surface area (Å²) in [5.74, 6) is -1.01. The summed E-state index contributed by atoms with van der Waals surface area (Å²) in [4.78, 5) is 27.7. The zero-order chi connectivity index (χ0) is 19.4. The Balaban J connectivity index is 1.94. The third kappa shape index (κ3) is 4.16. The van der Waals surface area contributed by atoms with E-state index in [1.165, 1.54) is 12.1 Å². The van der Waals surface area contributed by atoms with Crippen LogP contribution in [0.5, 0.6) is 0 Å². The number of carbonyl (C=O) groups excluding carboxylic acids is 2. The number of aromatic nitrogens is 1. The second-order valence-corrected chi connectivity index (χ2v) is 6.25. The van der Waals surface area contributed by atoms with E-state index in [1.807, 2.05) is 13.0 Å². The predicted molar refractivity (Wildman–Crippen MR) is 101 cm³/mol. The van der Waals surface area contributed by atoms with E-state index in [1.54, 1.807) is 37.3 Å². The Hall–Kier alpha value is -3.15. The van der Waals surface area contributed by atoms with E-state index in [-0.39, 0.29) is 24.8 Å². The highest BCUT2D eigenvalue weighted by Gasteiger charge is 2.21. The van der Waals surface area contributed by atoms with Gasteiger partial charge in [0, 0.05) is 22.2 Å². The van der Waals surface area contributed by atoms with E-state index in [0.29, 0.717) is 27.7 Å². The summed E-state index contributed by atoms with van der Waals surface area (Å²) < 4.78 is 18.8. The SMILES string of the molecule is CCOC(=O)Cc1c(C(C)NC(=O)c2ccccc2)[nH]c2ccc(F)cc12. The Kier molecular flexibility index (Phi) is 5.54. The van der Waals surface area contributed by atoms with Crippen LogP contribution in [-0.2, 0) is 16.0 Å². The van der Waals surface area contributed by atoms with Gasteiger partial charge in [0.15, 0.2) is 0 Å². The van der Waals surface area contributed by atoms with Gasteiger partial charge < -0.3 is 15.0 Å². The van der Waals surface area contributed by atoms with Crippen LogP contribution in [-0.4, -0.2) is 23.5 Å². The molecule has 0 radical (unpaired) electrons. The number of amides is 1. The van der Waals surface area contributed by atoms with Crippen LogP contribution in [0.15, 0.2) is 48.5 Å². The van der Waals surface area contributed by atoms with E-state index in [4.69, 9.17) is 4.74 Å². The normalized spacial score (nSPS) is 12.0. The summed E-state index contributed by atoms with van der Waals surface area (Å²) in [5.41, 5.74) is 2.53. The maximum absolute atomic E-state index is 13.7. The Bertz CT molecular complexity index is 966. The third-order valence-electron chi connectivity index (χ3n) is 4.34. The first-order valence-corrected chi connectivity index (χ1v) is 8.81. The summed E-state index contributed by atoms with van der Waals surface area (Å²) >= 11 is 0. The quantitative estimate of drug-likeness (QED) is 0.648. The number of esters is 1. The van der Waals surface area contributed by atoms with Gasteiger partial charge in [-0.25, -0.2) is 4.39 Å². The molecule has 2 N–H and O–H groups in total. The summed E-state index contributed by atoms with van der Waals surface area (Å²) in [7, 11) is 0. The topological polar surface area (TPSA) is 71.2 Å². The first kappa shape index (κ1) is 18.6. The lowest BCUT2D eigenvalue weighted by atomic mass is 10.0. The highest BCUT2D eigenvalue weighted by atomic mass is 19.1. The molecule has 0 saturated carbocycles. The van der Waals surface area contributed by atoms with Gasteiger partial charge in [-0.3, -0.25) is 9.59 Å². The lowest BCUT2D eigenvalue weighted by Gasteiger charge is -2.15. The van der Waals surface area contributed by atoms with Crippen molar-refractivity contribution in [3.05, 3.63) is 71.2 Å². The molecule has 1 aromatic heterocycles. The standard InChI is InChI=1S/C21H21FN2O3/c1-3-27-19(25)12-17-16-11-15(22)9-10-18(16)24-20(17)13(2)23-21(26)14-7-5-4-6-8-14/h4-11,13,24H,3,12H2,1-2H3,(H,23,26). The van der Waals surface area contributed by atoms with Gasteiger partial charge in [0.2, 0.25) is 0 Å². The molecular formula is C21H21FN2O3. The van der Waals surface area contributed by atoms with Gasteiger partial charge in [-0.2, -0.15) is 0 Å². The van der Waals surface area contributed by atoms with Crippen molar-refractivity contribution in [3.8, 4) is 0 Å². The molecule has 0 aliphatic heterocycles. The van der Waals surface area contributed by atoms with Crippen molar-refractivity contribution in [2.24, 2.45) is 0 Å². The molecule has 1 atom stereocenters. The molecule has 140 valence electrons. The lowest BCUT2D eigenvalue weighted by Crippen LogP contribution is -2.27. The fourth-order valence-electron chi connectivity index (χ4n) is 3.10. The second-order valence-electron chi connectivity index (χ2n) is 6.25. The predicted octanol–water partition coefficient (Wildman–Crippen LogP) is 3.90. The first-order valence-electron chi connectivity index (χ1n) is 8.81. The Labute approximate surface area is 156 Å². The number of hydrogen-bond acceptors (Lipinski definition) is 3. The molecule has 3 aromatic rings. The largest absolute Gasteiger partial charge is 0.466 e. The first-order chi connectivity index (χ1) is 13.0. The fraction of sp³-hybridized carbons (Fsp3) is 0.238. The number of nitrogens with one attached hydrogen (secondary N) is 2. The molecule has 0 aliphatic rings. The molecule has 5 nitrogen and oxygen atoms in total. The second kappa shape index (κ2) is 8.03. The number of fused-ring (bicyclic) bond motifs is 1. The molecule has 0 bridgehead atoms. The van der Waals surface area contributed by atoms with Gasteiger partial charge in [0.1, 0.15) is 5.82 Å². The molecule has 0 fully saturated rings. The minimum atomic E-state index is -0.405. The van der Waals surface area contributed by atoms with Crippen LogP contribution in [0.3, 0.4) is 0 Å². The Morgan fingerprint density at radius 3 is 2.63 bits per heavy atom. The third-order valence-corrected chi connectivity index (χ3v) is 4.34. The van der Waals surface area contributed by atoms with Gasteiger partial charge in [-0.15, -0.1) is 0 Å². The average molecular weight is 368 g/mol. The number of hydrogen-bond donors (Lipinski definition) is 2. The molecule has 0 aliphatic carbocycles. The van der Waals surface area contributed by atoms with Crippen molar-refractivity contribution < 1.29 is 18.7 Å². The van der Waals surface area contributed by atoms with Gasteiger partial charge in [0.25, 0.3) is 5.91 Å². The average Bonchev–Trinajstić information content (AvgIpc) is 3.00. The van der Waals surface area contributed by atoms with Crippen molar-refractivity contribution in [1.82, 2.24) is 10.3 Å². The van der Waals surface area contributed by atoms with Crippen LogP contribution in [0.2, 0.25) is 0 Å². The van der Waals surface area contributed by atoms with Gasteiger partial charge in [-0.05, 0) is 49.7 Å². The minimum absolute atomic E-state index is 0.00181. The number of ether oxygens (including phenoxy) is 1. The summed E-state index contributed by atoms with van der Waals surface area (Å²) in [6.07, 6.45) is -0.00181. The maximum atomic E-state index is 13.7. The fourth-order valence-corrected chi connectivity index (χ4v) is 3.10. The summed E-state index contributed by atoms with van der Waals surface area (Å²) in [5, 5.41) is 3.53. The van der Waals surface area contributed by atoms with E-state index in [9.17, 15) is 14.0 Å². The molecule has 0 saturated heterocycles. The number of H-pyrrole nitrogens is 1. The van der Waals surface area contributed by atoms with E-state index >= 15 is 0 Å². The van der Waals surface area contributed by atoms with Crippen molar-refractivity contribution in [1.29, 1.82) is 0 Å². The number of carbonyl (C=O) groups is 2. The van der Waals surface area contributed by atoms with Crippen LogP contribution < -0.4 is 5.32 Å². The van der Waals surface area contributed by atoms with Crippen LogP contribution >= 0.6 is 0 Å². The highest BCUT2D eigenvalue weighted by molar-refractivity contribution is 5.95. The smallest absolute Gasteiger partial charge is 0.310 e. The van der Waals surface area contributed by atoms with Crippen molar-refractivity contribution in [2.45, 2.75) is 26.3 Å².